The third-order valence-corrected chi connectivity index (χ3v) is 6.95. The van der Waals surface area contributed by atoms with Crippen LogP contribution >= 0.6 is 11.3 Å². The summed E-state index contributed by atoms with van der Waals surface area (Å²) in [6, 6.07) is 13.9. The van der Waals surface area contributed by atoms with Gasteiger partial charge in [-0.2, -0.15) is 13.2 Å². The lowest BCUT2D eigenvalue weighted by molar-refractivity contribution is -0.142. The number of hydrogen-bond donors (Lipinski definition) is 2. The van der Waals surface area contributed by atoms with Gasteiger partial charge in [0.1, 0.15) is 11.8 Å². The highest BCUT2D eigenvalue weighted by Gasteiger charge is 2.44. The van der Waals surface area contributed by atoms with E-state index in [1.54, 1.807) is 36.4 Å². The van der Waals surface area contributed by atoms with Crippen LogP contribution in [0, 0.1) is 0 Å². The maximum absolute atomic E-state index is 13.4. The van der Waals surface area contributed by atoms with Gasteiger partial charge < -0.3 is 5.11 Å². The molecule has 162 valence electrons. The first-order valence-electron chi connectivity index (χ1n) is 9.07. The van der Waals surface area contributed by atoms with Crippen molar-refractivity contribution in [3.63, 3.8) is 0 Å². The summed E-state index contributed by atoms with van der Waals surface area (Å²) in [7, 11) is -3.39. The number of sulfone groups is 1. The second-order valence-corrected chi connectivity index (χ2v) is 10.1. The number of hydrazine groups is 1. The Morgan fingerprint density at radius 2 is 1.74 bits per heavy atom. The number of anilines is 1. The maximum Gasteiger partial charge on any atom is 0.409 e. The van der Waals surface area contributed by atoms with Crippen molar-refractivity contribution in [1.82, 2.24) is 5.43 Å². The summed E-state index contributed by atoms with van der Waals surface area (Å²) in [5.41, 5.74) is 3.74. The molecule has 31 heavy (non-hydrogen) atoms. The molecular formula is C21H17F3N2O3S2. The number of hydrogen-bond acceptors (Lipinski definition) is 6. The van der Waals surface area contributed by atoms with Crippen molar-refractivity contribution in [3.8, 4) is 16.2 Å². The van der Waals surface area contributed by atoms with Crippen molar-refractivity contribution >= 4 is 32.6 Å². The molecule has 5 nitrogen and oxygen atoms in total. The van der Waals surface area contributed by atoms with E-state index in [0.29, 0.717) is 26.7 Å². The fraction of sp³-hybridized carbons (Fsp3) is 0.143. The Morgan fingerprint density at radius 1 is 1.03 bits per heavy atom. The first kappa shape index (κ1) is 21.4. The van der Waals surface area contributed by atoms with Crippen molar-refractivity contribution in [2.75, 3.05) is 11.3 Å². The van der Waals surface area contributed by atoms with Crippen molar-refractivity contribution < 1.29 is 26.7 Å². The highest BCUT2D eigenvalue weighted by Crippen LogP contribution is 2.40. The van der Waals surface area contributed by atoms with Crippen LogP contribution in [0.1, 0.15) is 4.88 Å². The molecule has 0 spiro atoms. The van der Waals surface area contributed by atoms with Gasteiger partial charge in [0.05, 0.1) is 21.2 Å². The fourth-order valence-corrected chi connectivity index (χ4v) is 4.88. The monoisotopic (exact) mass is 466 g/mol. The van der Waals surface area contributed by atoms with Gasteiger partial charge >= 0.3 is 6.18 Å². The van der Waals surface area contributed by atoms with Gasteiger partial charge in [0.2, 0.25) is 0 Å². The van der Waals surface area contributed by atoms with E-state index in [4.69, 9.17) is 0 Å². The van der Waals surface area contributed by atoms with Crippen molar-refractivity contribution in [2.24, 2.45) is 0 Å². The predicted octanol–water partition coefficient (Wildman–Crippen LogP) is 4.82. The summed E-state index contributed by atoms with van der Waals surface area (Å²) in [6.45, 7) is 0. The van der Waals surface area contributed by atoms with Crippen LogP contribution < -0.4 is 10.4 Å². The average Bonchev–Trinajstić information content (AvgIpc) is 3.34. The van der Waals surface area contributed by atoms with E-state index >= 15 is 0 Å². The molecule has 0 fully saturated rings. The molecule has 1 aliphatic heterocycles. The van der Waals surface area contributed by atoms with E-state index in [2.05, 4.69) is 5.43 Å². The van der Waals surface area contributed by atoms with E-state index in [1.807, 2.05) is 0 Å². The van der Waals surface area contributed by atoms with Gasteiger partial charge in [-0.05, 0) is 48.0 Å². The summed E-state index contributed by atoms with van der Waals surface area (Å²) in [5, 5.41) is 11.0. The van der Waals surface area contributed by atoms with Crippen molar-refractivity contribution in [1.29, 1.82) is 0 Å². The Kier molecular flexibility index (Phi) is 5.32. The van der Waals surface area contributed by atoms with Gasteiger partial charge in [-0.15, -0.1) is 11.3 Å². The number of phenolic OH excluding ortho intramolecular Hbond substituents is 1. The summed E-state index contributed by atoms with van der Waals surface area (Å²) in [5.74, 6) is -0.0708. The van der Waals surface area contributed by atoms with Gasteiger partial charge in [0.25, 0.3) is 0 Å². The Morgan fingerprint density at radius 3 is 2.42 bits per heavy atom. The van der Waals surface area contributed by atoms with E-state index in [-0.39, 0.29) is 10.6 Å². The Bertz CT molecular complexity index is 1270. The predicted molar refractivity (Wildman–Crippen MR) is 114 cm³/mol. The molecule has 10 heteroatoms. The minimum atomic E-state index is -4.50. The Labute approximate surface area is 181 Å². The third kappa shape index (κ3) is 4.46. The van der Waals surface area contributed by atoms with Crippen LogP contribution in [0.25, 0.3) is 16.1 Å². The molecule has 2 heterocycles. The number of alkyl halides is 3. The summed E-state index contributed by atoms with van der Waals surface area (Å²) in [6.07, 6.45) is -2.29. The zero-order chi connectivity index (χ0) is 22.4. The van der Waals surface area contributed by atoms with E-state index in [9.17, 15) is 26.7 Å². The minimum absolute atomic E-state index is 0.0708. The number of rotatable bonds is 4. The highest BCUT2D eigenvalue weighted by atomic mass is 32.2. The molecule has 0 radical (unpaired) electrons. The molecule has 1 unspecified atom stereocenters. The molecule has 4 rings (SSSR count). The largest absolute Gasteiger partial charge is 0.508 e. The quantitative estimate of drug-likeness (QED) is 0.577. The summed E-state index contributed by atoms with van der Waals surface area (Å²) >= 11 is 1.24. The smallest absolute Gasteiger partial charge is 0.409 e. The normalized spacial score (nSPS) is 17.1. The maximum atomic E-state index is 13.4. The summed E-state index contributed by atoms with van der Waals surface area (Å²) < 4.78 is 63.9. The molecule has 1 aromatic heterocycles. The van der Waals surface area contributed by atoms with Crippen LogP contribution in [0.15, 0.2) is 71.6 Å². The molecular weight excluding hydrogens is 449 g/mol. The Hall–Kier alpha value is -2.82. The average molecular weight is 467 g/mol. The number of nitrogens with one attached hydrogen (secondary N) is 1. The number of benzene rings is 2. The van der Waals surface area contributed by atoms with Gasteiger partial charge in [-0.3, -0.25) is 5.01 Å². The van der Waals surface area contributed by atoms with Crippen LogP contribution in [0.3, 0.4) is 0 Å². The lowest BCUT2D eigenvalue weighted by Gasteiger charge is -2.24. The van der Waals surface area contributed by atoms with Crippen LogP contribution in [0.5, 0.6) is 5.75 Å². The molecule has 1 aliphatic rings. The fourth-order valence-electron chi connectivity index (χ4n) is 3.19. The number of halogens is 3. The van der Waals surface area contributed by atoms with Crippen LogP contribution in [0.4, 0.5) is 18.9 Å². The van der Waals surface area contributed by atoms with Gasteiger partial charge in [0.15, 0.2) is 9.84 Å². The summed E-state index contributed by atoms with van der Waals surface area (Å²) in [4.78, 5) is 1.44. The van der Waals surface area contributed by atoms with Crippen molar-refractivity contribution in [2.45, 2.75) is 17.1 Å². The second kappa shape index (κ2) is 7.70. The number of phenols is 1. The van der Waals surface area contributed by atoms with Crippen molar-refractivity contribution in [3.05, 3.63) is 71.6 Å². The standard InChI is InChI=1S/C21H17F3N2O3S2/c1-31(28,29)16-7-2-4-13(10-16)18-8-9-19(30-18)17-12-20(21(22,23)24)25-26(17)14-5-3-6-15(27)11-14/h2-12,20,25,27H,1H3. The zero-order valence-corrected chi connectivity index (χ0v) is 17.7. The van der Waals surface area contributed by atoms with E-state index in [0.717, 1.165) is 12.3 Å². The molecule has 0 bridgehead atoms. The van der Waals surface area contributed by atoms with E-state index in [1.165, 1.54) is 40.6 Å². The SMILES string of the molecule is CS(=O)(=O)c1cccc(-c2ccc(C3=CC(C(F)(F)F)NN3c3cccc(O)c3)s2)c1. The molecule has 0 amide bonds. The molecule has 2 N–H and O–H groups in total. The lowest BCUT2D eigenvalue weighted by atomic mass is 10.2. The Balaban J connectivity index is 1.74. The van der Waals surface area contributed by atoms with Gasteiger partial charge in [-0.1, -0.05) is 18.2 Å². The highest BCUT2D eigenvalue weighted by molar-refractivity contribution is 7.90. The van der Waals surface area contributed by atoms with Gasteiger partial charge in [-0.25, -0.2) is 13.8 Å². The molecule has 0 saturated heterocycles. The lowest BCUT2D eigenvalue weighted by Crippen LogP contribution is -2.44. The first-order chi connectivity index (χ1) is 14.5. The third-order valence-electron chi connectivity index (χ3n) is 4.68. The van der Waals surface area contributed by atoms with Crippen LogP contribution in [-0.4, -0.2) is 32.0 Å². The molecule has 2 aromatic carbocycles. The molecule has 0 saturated carbocycles. The van der Waals surface area contributed by atoms with Crippen LogP contribution in [0.2, 0.25) is 0 Å². The minimum Gasteiger partial charge on any atom is -0.508 e. The topological polar surface area (TPSA) is 69.6 Å². The second-order valence-electron chi connectivity index (χ2n) is 7.02. The zero-order valence-electron chi connectivity index (χ0n) is 16.1. The molecule has 0 aliphatic carbocycles. The first-order valence-corrected chi connectivity index (χ1v) is 11.8. The molecule has 3 aromatic rings. The van der Waals surface area contributed by atoms with Crippen LogP contribution in [-0.2, 0) is 9.84 Å². The number of thiophene rings is 1. The number of nitrogens with zero attached hydrogens (tertiary/aromatic N) is 1. The molecule has 1 atom stereocenters. The van der Waals surface area contributed by atoms with Gasteiger partial charge in [0, 0.05) is 17.2 Å². The number of aromatic hydroxyl groups is 1. The van der Waals surface area contributed by atoms with E-state index < -0.39 is 22.1 Å².